The fourth-order valence-electron chi connectivity index (χ4n) is 8.19. The van der Waals surface area contributed by atoms with Gasteiger partial charge < -0.3 is 14.0 Å². The average Bonchev–Trinajstić information content (AvgIpc) is 3.72. The zero-order valence-electron chi connectivity index (χ0n) is 32.8. The number of ether oxygens (including phenoxy) is 2. The second-order valence-electron chi connectivity index (χ2n) is 17.3. The maximum Gasteiger partial charge on any atom is 2.00 e. The van der Waals surface area contributed by atoms with Crippen molar-refractivity contribution in [1.82, 2.24) is 9.55 Å². The number of pyridine rings is 1. The molecule has 0 saturated heterocycles. The summed E-state index contributed by atoms with van der Waals surface area (Å²) in [4.78, 5) is 10.2. The summed E-state index contributed by atoms with van der Waals surface area (Å²) >= 11 is 0. The van der Waals surface area contributed by atoms with E-state index in [2.05, 4.69) is 145 Å². The summed E-state index contributed by atoms with van der Waals surface area (Å²) in [5.41, 5.74) is 8.64. The van der Waals surface area contributed by atoms with Crippen molar-refractivity contribution in [3.63, 3.8) is 0 Å². The summed E-state index contributed by atoms with van der Waals surface area (Å²) in [6.45, 7) is 17.7. The maximum absolute atomic E-state index is 6.79. The molecule has 4 aromatic carbocycles. The number of aryl methyl sites for hydroxylation is 2. The van der Waals surface area contributed by atoms with Crippen LogP contribution in [0.25, 0.3) is 27.6 Å². The van der Waals surface area contributed by atoms with Crippen LogP contribution in [0.2, 0.25) is 0 Å². The Morgan fingerprint density at radius 1 is 0.759 bits per heavy atom. The van der Waals surface area contributed by atoms with E-state index in [1.807, 2.05) is 12.3 Å². The molecule has 1 fully saturated rings. The molecule has 2 aromatic heterocycles. The zero-order chi connectivity index (χ0) is 37.1. The number of nitrogens with zero attached hydrogens (tertiary/aromatic N) is 3. The minimum Gasteiger partial charge on any atom is -0.510 e. The van der Waals surface area contributed by atoms with E-state index in [9.17, 15) is 0 Å². The molecule has 5 nitrogen and oxygen atoms in total. The number of rotatable bonds is 6. The van der Waals surface area contributed by atoms with Gasteiger partial charge in [-0.1, -0.05) is 140 Å². The molecule has 2 aliphatic rings. The summed E-state index contributed by atoms with van der Waals surface area (Å²) in [6, 6.07) is 35.4. The summed E-state index contributed by atoms with van der Waals surface area (Å²) in [6.07, 6.45) is 8.04. The van der Waals surface area contributed by atoms with Gasteiger partial charge in [0.05, 0.1) is 6.04 Å². The van der Waals surface area contributed by atoms with Crippen LogP contribution in [0, 0.1) is 31.9 Å². The number of benzene rings is 4. The molecule has 0 bridgehead atoms. The molecule has 8 rings (SSSR count). The van der Waals surface area contributed by atoms with E-state index in [1.54, 1.807) is 0 Å². The van der Waals surface area contributed by atoms with E-state index in [0.29, 0.717) is 23.3 Å². The summed E-state index contributed by atoms with van der Waals surface area (Å²) < 4.78 is 15.7. The van der Waals surface area contributed by atoms with Crippen molar-refractivity contribution in [1.29, 1.82) is 0 Å². The average molecular weight is 897 g/mol. The van der Waals surface area contributed by atoms with Gasteiger partial charge in [-0.2, -0.15) is 6.07 Å². The van der Waals surface area contributed by atoms with Crippen LogP contribution >= 0.6 is 0 Å². The Kier molecular flexibility index (Phi) is 10.4. The molecule has 0 amide bonds. The molecule has 1 aliphatic carbocycles. The van der Waals surface area contributed by atoms with Gasteiger partial charge in [0.25, 0.3) is 0 Å². The van der Waals surface area contributed by atoms with Crippen LogP contribution in [0.1, 0.15) is 113 Å². The van der Waals surface area contributed by atoms with E-state index < -0.39 is 0 Å². The van der Waals surface area contributed by atoms with Gasteiger partial charge in [-0.15, -0.1) is 29.1 Å². The number of hydrogen-bond acceptors (Lipinski definition) is 4. The molecule has 0 radical (unpaired) electrons. The predicted molar refractivity (Wildman–Crippen MR) is 217 cm³/mol. The van der Waals surface area contributed by atoms with E-state index >= 15 is 0 Å². The molecule has 1 saturated carbocycles. The standard InChI is InChI=1S/C48H51N3O2.Pt/c1-30-25-31(2)42(29-38(30)46-50-44(32-15-11-9-12-16-32)45(53-46)33-17-13-10-14-18-33)52-36-20-21-37-39-26-34(47(3,4)5)19-22-40(39)51(41(37)28-36)43-27-35(23-24-49-43)48(6,7)8;/h10,13-14,17-27,32,44-45H,9,11-12,15-16H2,1-8H3;/q-2;+2/t44-,45-;/m1./s1. The van der Waals surface area contributed by atoms with E-state index in [4.69, 9.17) is 19.5 Å². The van der Waals surface area contributed by atoms with E-state index in [-0.39, 0.29) is 44.0 Å². The van der Waals surface area contributed by atoms with Crippen molar-refractivity contribution in [3.05, 3.63) is 131 Å². The monoisotopic (exact) mass is 896 g/mol. The van der Waals surface area contributed by atoms with Crippen molar-refractivity contribution < 1.29 is 30.5 Å². The normalized spacial score (nSPS) is 18.0. The van der Waals surface area contributed by atoms with Gasteiger partial charge in [0.1, 0.15) is 17.8 Å². The van der Waals surface area contributed by atoms with Crippen LogP contribution in [0.15, 0.2) is 90.1 Å². The fourth-order valence-corrected chi connectivity index (χ4v) is 8.19. The van der Waals surface area contributed by atoms with Crippen molar-refractivity contribution in [2.75, 3.05) is 0 Å². The number of hydrogen-bond donors (Lipinski definition) is 0. The van der Waals surface area contributed by atoms with Gasteiger partial charge in [-0.25, -0.2) is 4.98 Å². The first-order valence-electron chi connectivity index (χ1n) is 19.3. The quantitative estimate of drug-likeness (QED) is 0.157. The van der Waals surface area contributed by atoms with Crippen LogP contribution in [0.3, 0.4) is 0 Å². The van der Waals surface area contributed by atoms with Gasteiger partial charge in [0.15, 0.2) is 0 Å². The molecule has 280 valence electrons. The third-order valence-corrected chi connectivity index (χ3v) is 11.3. The first kappa shape index (κ1) is 38.1. The fraction of sp³-hybridized carbons (Fsp3) is 0.375. The second kappa shape index (κ2) is 14.8. The first-order chi connectivity index (χ1) is 25.3. The molecule has 6 heteroatoms. The van der Waals surface area contributed by atoms with Gasteiger partial charge in [-0.05, 0) is 69.9 Å². The van der Waals surface area contributed by atoms with Crippen LogP contribution < -0.4 is 4.74 Å². The van der Waals surface area contributed by atoms with Crippen LogP contribution in [-0.4, -0.2) is 21.5 Å². The molecular weight excluding hydrogens is 846 g/mol. The zero-order valence-corrected chi connectivity index (χ0v) is 35.1. The third kappa shape index (κ3) is 7.29. The largest absolute Gasteiger partial charge is 2.00 e. The van der Waals surface area contributed by atoms with Gasteiger partial charge in [0.2, 0.25) is 0 Å². The Morgan fingerprint density at radius 2 is 1.48 bits per heavy atom. The van der Waals surface area contributed by atoms with Crippen LogP contribution in [-0.2, 0) is 36.6 Å². The Balaban J connectivity index is 0.00000450. The Bertz CT molecular complexity index is 2340. The minimum atomic E-state index is -0.102. The predicted octanol–water partition coefficient (Wildman–Crippen LogP) is 12.2. The van der Waals surface area contributed by atoms with Crippen molar-refractivity contribution >= 4 is 27.7 Å². The van der Waals surface area contributed by atoms with Crippen molar-refractivity contribution in [3.8, 4) is 17.3 Å². The molecule has 54 heavy (non-hydrogen) atoms. The molecule has 3 heterocycles. The SMILES string of the molecule is Cc1cc(C)c(C2=N[C@H](C3CCCCC3)[C@@H](c3ccccc3)O2)[c-]c1Oc1[c-]c2c(cc1)c1cc(C(C)(C)C)ccc1n2-c1cc(C(C)(C)C)ccn1.[Pt+2]. The summed E-state index contributed by atoms with van der Waals surface area (Å²) in [7, 11) is 0. The van der Waals surface area contributed by atoms with Gasteiger partial charge in [-0.3, -0.25) is 4.99 Å². The van der Waals surface area contributed by atoms with Gasteiger partial charge >= 0.3 is 21.1 Å². The third-order valence-electron chi connectivity index (χ3n) is 11.3. The topological polar surface area (TPSA) is 48.6 Å². The Labute approximate surface area is 335 Å². The summed E-state index contributed by atoms with van der Waals surface area (Å²) in [5, 5.41) is 2.29. The molecule has 1 aliphatic heterocycles. The van der Waals surface area contributed by atoms with E-state index in [0.717, 1.165) is 38.9 Å². The Morgan fingerprint density at radius 3 is 2.20 bits per heavy atom. The molecule has 2 atom stereocenters. The first-order valence-corrected chi connectivity index (χ1v) is 19.3. The molecule has 0 spiro atoms. The minimum absolute atomic E-state index is 0. The maximum atomic E-state index is 6.79. The van der Waals surface area contributed by atoms with Gasteiger partial charge in [0, 0.05) is 23.2 Å². The molecule has 0 unspecified atom stereocenters. The van der Waals surface area contributed by atoms with E-state index in [1.165, 1.54) is 54.2 Å². The van der Waals surface area contributed by atoms with Crippen molar-refractivity contribution in [2.24, 2.45) is 10.9 Å². The summed E-state index contributed by atoms with van der Waals surface area (Å²) in [5.74, 6) is 3.31. The molecule has 0 N–H and O–H groups in total. The number of aliphatic imine (C=N–C) groups is 1. The second-order valence-corrected chi connectivity index (χ2v) is 17.3. The smallest absolute Gasteiger partial charge is 0.510 e. The number of aromatic nitrogens is 2. The van der Waals surface area contributed by atoms with Crippen LogP contribution in [0.4, 0.5) is 0 Å². The van der Waals surface area contributed by atoms with Crippen LogP contribution in [0.5, 0.6) is 11.5 Å². The number of fused-ring (bicyclic) bond motifs is 3. The molecule has 6 aromatic rings. The van der Waals surface area contributed by atoms with Crippen molar-refractivity contribution in [2.45, 2.75) is 110 Å². The Hall–Kier alpha value is -4.21. The molecular formula is C48H51N3O2Pt.